The minimum absolute atomic E-state index is 0.297. The Bertz CT molecular complexity index is 1190. The summed E-state index contributed by atoms with van der Waals surface area (Å²) in [6, 6.07) is 16.2. The topological polar surface area (TPSA) is 96.0 Å². The number of nitrogens with one attached hydrogen (secondary N) is 2. The number of halogens is 1. The molecule has 0 aliphatic carbocycles. The summed E-state index contributed by atoms with van der Waals surface area (Å²) in [6.45, 7) is 0. The summed E-state index contributed by atoms with van der Waals surface area (Å²) in [5.41, 5.74) is 9.81. The third kappa shape index (κ3) is 3.36. The van der Waals surface area contributed by atoms with E-state index in [4.69, 9.17) is 10.5 Å². The summed E-state index contributed by atoms with van der Waals surface area (Å²) >= 11 is 0. The molecule has 0 saturated carbocycles. The first-order chi connectivity index (χ1) is 13.3. The van der Waals surface area contributed by atoms with E-state index in [-0.39, 0.29) is 11.7 Å². The fraction of sp³-hybridized carbons (Fsp3) is 0.0952. The Balaban J connectivity index is 1.56. The number of hydrogen-bond acceptors (Lipinski definition) is 4. The lowest BCUT2D eigenvalue weighted by atomic mass is 10.0. The van der Waals surface area contributed by atoms with E-state index >= 15 is 0 Å². The maximum Gasteiger partial charge on any atom is 0.255 e. The molecule has 1 atom stereocenters. The molecule has 1 aliphatic heterocycles. The second-order valence-corrected chi connectivity index (χ2v) is 8.91. The highest BCUT2D eigenvalue weighted by molar-refractivity contribution is 7.92. The van der Waals surface area contributed by atoms with Crippen molar-refractivity contribution in [1.82, 2.24) is 0 Å². The van der Waals surface area contributed by atoms with Crippen LogP contribution in [0.3, 0.4) is 0 Å². The molecule has 0 aromatic heterocycles. The smallest absolute Gasteiger partial charge is 0.255 e. The summed E-state index contributed by atoms with van der Waals surface area (Å²) in [5.74, 6) is -0.339. The van der Waals surface area contributed by atoms with Gasteiger partial charge in [0.15, 0.2) is 0 Å². The van der Waals surface area contributed by atoms with Crippen LogP contribution in [0, 0.1) is 10.6 Å². The van der Waals surface area contributed by atoms with Crippen molar-refractivity contribution >= 4 is 27.0 Å². The standard InChI is InChI=1S/C21H18FN3O2S/c22-17-5-1-13(2-6-17)14-3-7-19(18(23)12-14)25-21(26)16-4-8-20-15(11-16)9-10-28(20,24)27/h1-8,11-12,24H,9-10,23H2,(H,25,26). The van der Waals surface area contributed by atoms with Gasteiger partial charge < -0.3 is 11.1 Å². The largest absolute Gasteiger partial charge is 0.397 e. The molecule has 0 fully saturated rings. The van der Waals surface area contributed by atoms with Gasteiger partial charge in [0, 0.05) is 11.3 Å². The first-order valence-corrected chi connectivity index (χ1v) is 10.4. The second-order valence-electron chi connectivity index (χ2n) is 6.71. The summed E-state index contributed by atoms with van der Waals surface area (Å²) in [7, 11) is -2.72. The molecule has 7 heteroatoms. The van der Waals surface area contributed by atoms with E-state index in [1.165, 1.54) is 12.1 Å². The number of benzene rings is 3. The van der Waals surface area contributed by atoms with Gasteiger partial charge in [0.2, 0.25) is 0 Å². The molecule has 0 spiro atoms. The van der Waals surface area contributed by atoms with E-state index in [2.05, 4.69) is 5.32 Å². The van der Waals surface area contributed by atoms with Gasteiger partial charge in [-0.2, -0.15) is 0 Å². The van der Waals surface area contributed by atoms with Gasteiger partial charge in [-0.1, -0.05) is 18.2 Å². The highest BCUT2D eigenvalue weighted by Crippen LogP contribution is 2.29. The van der Waals surface area contributed by atoms with Gasteiger partial charge in [-0.3, -0.25) is 4.79 Å². The Hall–Kier alpha value is -3.19. The molecule has 142 valence electrons. The zero-order valence-corrected chi connectivity index (χ0v) is 15.7. The number of amides is 1. The van der Waals surface area contributed by atoms with Gasteiger partial charge in [-0.25, -0.2) is 13.4 Å². The summed E-state index contributed by atoms with van der Waals surface area (Å²) in [6.07, 6.45) is 0.535. The number of hydrogen-bond donors (Lipinski definition) is 3. The fourth-order valence-corrected chi connectivity index (χ4v) is 4.89. The monoisotopic (exact) mass is 395 g/mol. The van der Waals surface area contributed by atoms with Crippen LogP contribution >= 0.6 is 0 Å². The van der Waals surface area contributed by atoms with Crippen LogP contribution in [0.2, 0.25) is 0 Å². The Morgan fingerprint density at radius 2 is 1.75 bits per heavy atom. The van der Waals surface area contributed by atoms with Gasteiger partial charge in [-0.05, 0) is 65.6 Å². The van der Waals surface area contributed by atoms with Crippen molar-refractivity contribution in [2.45, 2.75) is 11.3 Å². The molecular weight excluding hydrogens is 377 g/mol. The Morgan fingerprint density at radius 3 is 2.46 bits per heavy atom. The van der Waals surface area contributed by atoms with Crippen LogP contribution in [-0.4, -0.2) is 15.9 Å². The zero-order valence-electron chi connectivity index (χ0n) is 14.9. The SMILES string of the molecule is N=S1(=O)CCc2cc(C(=O)Nc3ccc(-c4ccc(F)cc4)cc3N)ccc21. The third-order valence-electron chi connectivity index (χ3n) is 4.81. The number of nitrogens with two attached hydrogens (primary N) is 1. The molecule has 0 bridgehead atoms. The number of nitrogen functional groups attached to an aromatic ring is 1. The molecule has 5 nitrogen and oxygen atoms in total. The van der Waals surface area contributed by atoms with E-state index in [9.17, 15) is 13.4 Å². The normalized spacial score (nSPS) is 17.9. The average Bonchev–Trinajstić information content (AvgIpc) is 2.98. The number of fused-ring (bicyclic) bond motifs is 1. The van der Waals surface area contributed by atoms with E-state index in [1.807, 2.05) is 0 Å². The maximum atomic E-state index is 13.1. The van der Waals surface area contributed by atoms with Crippen molar-refractivity contribution in [1.29, 1.82) is 4.78 Å². The average molecular weight is 395 g/mol. The zero-order chi connectivity index (χ0) is 19.9. The van der Waals surface area contributed by atoms with Crippen molar-refractivity contribution in [3.63, 3.8) is 0 Å². The Kier molecular flexibility index (Phi) is 4.39. The van der Waals surface area contributed by atoms with Gasteiger partial charge in [0.1, 0.15) is 5.82 Å². The van der Waals surface area contributed by atoms with Crippen LogP contribution < -0.4 is 11.1 Å². The highest BCUT2D eigenvalue weighted by Gasteiger charge is 2.24. The minimum Gasteiger partial charge on any atom is -0.397 e. The molecule has 1 heterocycles. The molecule has 1 amide bonds. The Morgan fingerprint density at radius 1 is 1.04 bits per heavy atom. The van der Waals surface area contributed by atoms with E-state index in [0.717, 1.165) is 16.7 Å². The lowest BCUT2D eigenvalue weighted by Gasteiger charge is -2.11. The molecule has 1 unspecified atom stereocenters. The molecule has 3 aromatic rings. The molecule has 1 aliphatic rings. The van der Waals surface area contributed by atoms with Crippen LogP contribution in [0.15, 0.2) is 65.6 Å². The lowest BCUT2D eigenvalue weighted by molar-refractivity contribution is 0.102. The first kappa shape index (κ1) is 18.2. The molecule has 28 heavy (non-hydrogen) atoms. The lowest BCUT2D eigenvalue weighted by Crippen LogP contribution is -2.13. The van der Waals surface area contributed by atoms with E-state index in [0.29, 0.717) is 34.0 Å². The van der Waals surface area contributed by atoms with Crippen LogP contribution in [0.1, 0.15) is 15.9 Å². The molecule has 0 radical (unpaired) electrons. The molecule has 0 saturated heterocycles. The molecule has 3 aromatic carbocycles. The molecular formula is C21H18FN3O2S. The van der Waals surface area contributed by atoms with E-state index in [1.54, 1.807) is 48.5 Å². The van der Waals surface area contributed by atoms with Crippen molar-refractivity contribution in [3.8, 4) is 11.1 Å². The summed E-state index contributed by atoms with van der Waals surface area (Å²) in [5, 5.41) is 2.78. The van der Waals surface area contributed by atoms with Gasteiger partial charge in [-0.15, -0.1) is 0 Å². The van der Waals surface area contributed by atoms with Gasteiger partial charge in [0.05, 0.1) is 26.0 Å². The van der Waals surface area contributed by atoms with E-state index < -0.39 is 9.73 Å². The maximum absolute atomic E-state index is 13.1. The number of carbonyl (C=O) groups excluding carboxylic acids is 1. The predicted molar refractivity (Wildman–Crippen MR) is 108 cm³/mol. The summed E-state index contributed by atoms with van der Waals surface area (Å²) < 4.78 is 33.0. The first-order valence-electron chi connectivity index (χ1n) is 8.70. The second kappa shape index (κ2) is 6.76. The Labute approximate surface area is 162 Å². The van der Waals surface area contributed by atoms with Gasteiger partial charge in [0.25, 0.3) is 5.91 Å². The number of anilines is 2. The number of carbonyl (C=O) groups is 1. The van der Waals surface area contributed by atoms with Crippen molar-refractivity contribution in [3.05, 3.63) is 77.6 Å². The van der Waals surface area contributed by atoms with Crippen molar-refractivity contribution < 1.29 is 13.4 Å². The molecule has 4 rings (SSSR count). The predicted octanol–water partition coefficient (Wildman–Crippen LogP) is 4.29. The quantitative estimate of drug-likeness (QED) is 0.577. The summed E-state index contributed by atoms with van der Waals surface area (Å²) in [4.78, 5) is 13.1. The number of aryl methyl sites for hydroxylation is 1. The van der Waals surface area contributed by atoms with Crippen molar-refractivity contribution in [2.24, 2.45) is 0 Å². The molecule has 4 N–H and O–H groups in total. The van der Waals surface area contributed by atoms with Gasteiger partial charge >= 0.3 is 0 Å². The van der Waals surface area contributed by atoms with Crippen molar-refractivity contribution in [2.75, 3.05) is 16.8 Å². The van der Waals surface area contributed by atoms with Crippen LogP contribution in [-0.2, 0) is 16.1 Å². The van der Waals surface area contributed by atoms with Crippen LogP contribution in [0.25, 0.3) is 11.1 Å². The third-order valence-corrected chi connectivity index (χ3v) is 6.70. The highest BCUT2D eigenvalue weighted by atomic mass is 32.2. The van der Waals surface area contributed by atoms with Crippen LogP contribution in [0.5, 0.6) is 0 Å². The fourth-order valence-electron chi connectivity index (χ4n) is 3.29. The number of rotatable bonds is 3. The van der Waals surface area contributed by atoms with Crippen LogP contribution in [0.4, 0.5) is 15.8 Å². The minimum atomic E-state index is -2.72.